The second-order valence-electron chi connectivity index (χ2n) is 16.1. The van der Waals surface area contributed by atoms with Gasteiger partial charge in [0.1, 0.15) is 16.0 Å². The van der Waals surface area contributed by atoms with E-state index in [4.69, 9.17) is 9.97 Å². The van der Waals surface area contributed by atoms with E-state index in [0.29, 0.717) is 0 Å². The summed E-state index contributed by atoms with van der Waals surface area (Å²) in [5, 5.41) is 13.4. The van der Waals surface area contributed by atoms with Crippen molar-refractivity contribution in [2.75, 3.05) is 0 Å². The lowest BCUT2D eigenvalue weighted by molar-refractivity contribution is 1.08. The smallest absolute Gasteiger partial charge is 0.165 e. The standard InChI is InChI=1S/C56H32N4S/c1-2-13-33(14-3-1)36-17-10-18-38(32-36)59-44-24-11-22-41-39-19-6-7-20-40(39)42-23-12-25-45-50(42)52-47(30-29-46(59)51(52)49(41)44)60(45)55-53(37-28-27-34-15-4-5-16-35(34)31-37)58-56-54(57-55)43-21-8-9-26-48(43)61-56/h1-32H. The van der Waals surface area contributed by atoms with Crippen molar-refractivity contribution in [2.24, 2.45) is 0 Å². The molecule has 0 saturated heterocycles. The molecular formula is C56H32N4S. The molecule has 5 heteroatoms. The van der Waals surface area contributed by atoms with Crippen LogP contribution in [0.1, 0.15) is 0 Å². The van der Waals surface area contributed by atoms with E-state index in [0.717, 1.165) is 49.5 Å². The molecule has 0 unspecified atom stereocenters. The molecule has 0 atom stereocenters. The van der Waals surface area contributed by atoms with Gasteiger partial charge in [-0.25, -0.2) is 9.97 Å². The minimum atomic E-state index is 0.829. The van der Waals surface area contributed by atoms with E-state index in [2.05, 4.69) is 203 Å². The first-order chi connectivity index (χ1) is 30.3. The van der Waals surface area contributed by atoms with Crippen LogP contribution in [-0.4, -0.2) is 19.1 Å². The number of fused-ring (bicyclic) bond motifs is 7. The van der Waals surface area contributed by atoms with Crippen LogP contribution in [0.2, 0.25) is 0 Å². The second-order valence-corrected chi connectivity index (χ2v) is 17.1. The van der Waals surface area contributed by atoms with Crippen molar-refractivity contribution in [3.63, 3.8) is 0 Å². The van der Waals surface area contributed by atoms with Gasteiger partial charge in [-0.05, 0) is 92.0 Å². The van der Waals surface area contributed by atoms with Gasteiger partial charge < -0.3 is 4.57 Å². The molecule has 0 spiro atoms. The number of aromatic nitrogens is 4. The van der Waals surface area contributed by atoms with Gasteiger partial charge in [-0.15, -0.1) is 11.3 Å². The molecule has 0 saturated carbocycles. The van der Waals surface area contributed by atoms with E-state index in [1.54, 1.807) is 11.3 Å². The number of hydrogen-bond donors (Lipinski definition) is 0. The van der Waals surface area contributed by atoms with Gasteiger partial charge in [-0.1, -0.05) is 146 Å². The van der Waals surface area contributed by atoms with Crippen molar-refractivity contribution in [3.05, 3.63) is 194 Å². The summed E-state index contributed by atoms with van der Waals surface area (Å²) >= 11 is 1.71. The Bertz CT molecular complexity index is 4120. The summed E-state index contributed by atoms with van der Waals surface area (Å²) in [4.78, 5) is 12.2. The maximum atomic E-state index is 5.71. The zero-order valence-corrected chi connectivity index (χ0v) is 33.5. The maximum absolute atomic E-state index is 5.71. The van der Waals surface area contributed by atoms with Gasteiger partial charge in [0.05, 0.1) is 22.1 Å². The zero-order chi connectivity index (χ0) is 39.8. The summed E-state index contributed by atoms with van der Waals surface area (Å²) in [6.45, 7) is 0. The van der Waals surface area contributed by atoms with E-state index >= 15 is 0 Å². The van der Waals surface area contributed by atoms with E-state index in [9.17, 15) is 0 Å². The quantitative estimate of drug-likeness (QED) is 0.178. The minimum Gasteiger partial charge on any atom is -0.309 e. The highest BCUT2D eigenvalue weighted by Crippen LogP contribution is 2.49. The van der Waals surface area contributed by atoms with E-state index in [1.165, 1.54) is 80.7 Å². The first-order valence-corrected chi connectivity index (χ1v) is 21.6. The lowest BCUT2D eigenvalue weighted by Gasteiger charge is -2.14. The first kappa shape index (κ1) is 33.0. The Morgan fingerprint density at radius 1 is 0.361 bits per heavy atom. The number of hydrogen-bond acceptors (Lipinski definition) is 3. The first-order valence-electron chi connectivity index (χ1n) is 20.7. The molecule has 4 heterocycles. The molecule has 4 nitrogen and oxygen atoms in total. The fraction of sp³-hybridized carbons (Fsp3) is 0. The third-order valence-corrected chi connectivity index (χ3v) is 13.9. The molecule has 282 valence electrons. The van der Waals surface area contributed by atoms with Gasteiger partial charge in [0.2, 0.25) is 0 Å². The average Bonchev–Trinajstić information content (AvgIpc) is 3.98. The summed E-state index contributed by atoms with van der Waals surface area (Å²) in [7, 11) is 0. The molecule has 0 amide bonds. The van der Waals surface area contributed by atoms with Crippen molar-refractivity contribution in [1.82, 2.24) is 19.1 Å². The Morgan fingerprint density at radius 3 is 1.72 bits per heavy atom. The Morgan fingerprint density at radius 2 is 0.951 bits per heavy atom. The molecule has 0 bridgehead atoms. The maximum Gasteiger partial charge on any atom is 0.165 e. The monoisotopic (exact) mass is 792 g/mol. The molecule has 0 N–H and O–H groups in total. The van der Waals surface area contributed by atoms with Crippen molar-refractivity contribution in [3.8, 4) is 33.9 Å². The lowest BCUT2D eigenvalue weighted by atomic mass is 9.95. The van der Waals surface area contributed by atoms with Gasteiger partial charge in [-0.3, -0.25) is 4.57 Å². The minimum absolute atomic E-state index is 0.829. The van der Waals surface area contributed by atoms with Gasteiger partial charge in [0.25, 0.3) is 0 Å². The van der Waals surface area contributed by atoms with Crippen LogP contribution in [0.25, 0.3) is 130 Å². The van der Waals surface area contributed by atoms with E-state index in [1.807, 2.05) is 0 Å². The Balaban J connectivity index is 1.18. The molecule has 14 rings (SSSR count). The number of rotatable bonds is 4. The highest BCUT2D eigenvalue weighted by atomic mass is 32.1. The lowest BCUT2D eigenvalue weighted by Crippen LogP contribution is -2.03. The molecule has 61 heavy (non-hydrogen) atoms. The molecule has 10 aromatic carbocycles. The fourth-order valence-corrected chi connectivity index (χ4v) is 11.3. The largest absolute Gasteiger partial charge is 0.309 e. The number of thiophene rings is 1. The van der Waals surface area contributed by atoms with Gasteiger partial charge >= 0.3 is 0 Å². The van der Waals surface area contributed by atoms with Crippen LogP contribution < -0.4 is 0 Å². The van der Waals surface area contributed by atoms with Gasteiger partial charge in [-0.2, -0.15) is 0 Å². The van der Waals surface area contributed by atoms with Crippen LogP contribution in [-0.2, 0) is 0 Å². The Labute approximate surface area is 353 Å². The summed E-state index contributed by atoms with van der Waals surface area (Å²) in [6.07, 6.45) is 0. The fourth-order valence-electron chi connectivity index (χ4n) is 10.3. The van der Waals surface area contributed by atoms with Crippen LogP contribution >= 0.6 is 11.3 Å². The van der Waals surface area contributed by atoms with Crippen molar-refractivity contribution >= 4 is 108 Å². The Hall–Kier alpha value is -7.86. The highest BCUT2D eigenvalue weighted by molar-refractivity contribution is 7.25. The summed E-state index contributed by atoms with van der Waals surface area (Å²) in [6, 6.07) is 70.7. The van der Waals surface area contributed by atoms with Crippen LogP contribution in [0, 0.1) is 0 Å². The Kier molecular flexibility index (Phi) is 6.68. The van der Waals surface area contributed by atoms with Crippen LogP contribution in [0.15, 0.2) is 194 Å². The molecular weight excluding hydrogens is 761 g/mol. The van der Waals surface area contributed by atoms with Crippen molar-refractivity contribution in [2.45, 2.75) is 0 Å². The molecule has 0 radical (unpaired) electrons. The third kappa shape index (κ3) is 4.58. The SMILES string of the molecule is c1ccc(-c2cccc(-n3c4cccc5c6ccccc6c6cccc7c6c6c(c54)c3ccc6n7-c3nc4c(nc3-c3ccc5ccccc5c3)sc3ccccc34)c2)cc1. The predicted octanol–water partition coefficient (Wildman–Crippen LogP) is 15.3. The summed E-state index contributed by atoms with van der Waals surface area (Å²) in [5.41, 5.74) is 10.9. The molecule has 14 aromatic rings. The molecule has 0 aliphatic heterocycles. The van der Waals surface area contributed by atoms with Crippen LogP contribution in [0.3, 0.4) is 0 Å². The third-order valence-electron chi connectivity index (χ3n) is 12.9. The predicted molar refractivity (Wildman–Crippen MR) is 258 cm³/mol. The van der Waals surface area contributed by atoms with E-state index < -0.39 is 0 Å². The van der Waals surface area contributed by atoms with Gasteiger partial charge in [0, 0.05) is 42.9 Å². The zero-order valence-electron chi connectivity index (χ0n) is 32.7. The van der Waals surface area contributed by atoms with E-state index in [-0.39, 0.29) is 0 Å². The highest BCUT2D eigenvalue weighted by Gasteiger charge is 2.27. The number of nitrogens with zero attached hydrogens (tertiary/aromatic N) is 4. The second kappa shape index (κ2) is 12.3. The molecule has 4 aromatic heterocycles. The topological polar surface area (TPSA) is 35.6 Å². The average molecular weight is 793 g/mol. The molecule has 0 aliphatic rings. The molecule has 0 aliphatic carbocycles. The van der Waals surface area contributed by atoms with Crippen molar-refractivity contribution < 1.29 is 0 Å². The summed E-state index contributed by atoms with van der Waals surface area (Å²) in [5.74, 6) is 0.829. The number of benzene rings is 9. The molecule has 0 fully saturated rings. The van der Waals surface area contributed by atoms with Crippen LogP contribution in [0.5, 0.6) is 0 Å². The van der Waals surface area contributed by atoms with Gasteiger partial charge in [0.15, 0.2) is 5.82 Å². The van der Waals surface area contributed by atoms with Crippen molar-refractivity contribution in [1.29, 1.82) is 0 Å². The van der Waals surface area contributed by atoms with Crippen LogP contribution in [0.4, 0.5) is 0 Å². The summed E-state index contributed by atoms with van der Waals surface area (Å²) < 4.78 is 6.07. The normalized spacial score (nSPS) is 12.3.